The lowest BCUT2D eigenvalue weighted by Gasteiger charge is -2.20. The number of anilines is 2. The summed E-state index contributed by atoms with van der Waals surface area (Å²) in [5.74, 6) is -0.443. The van der Waals surface area contributed by atoms with Crippen LogP contribution in [0.3, 0.4) is 0 Å². The predicted octanol–water partition coefficient (Wildman–Crippen LogP) is 5.74. The molecule has 8 heteroatoms. The Hall–Kier alpha value is -3.26. The van der Waals surface area contributed by atoms with E-state index in [0.717, 1.165) is 11.3 Å². The van der Waals surface area contributed by atoms with Gasteiger partial charge in [-0.2, -0.15) is 5.10 Å². The number of ether oxygens (including phenoxy) is 1. The van der Waals surface area contributed by atoms with Crippen LogP contribution in [0, 0.1) is 5.82 Å². The van der Waals surface area contributed by atoms with Crippen LogP contribution in [0.4, 0.5) is 20.0 Å². The van der Waals surface area contributed by atoms with Crippen LogP contribution in [-0.2, 0) is 4.74 Å². The van der Waals surface area contributed by atoms with Crippen molar-refractivity contribution >= 4 is 34.5 Å². The van der Waals surface area contributed by atoms with Gasteiger partial charge in [0.1, 0.15) is 11.4 Å². The Labute approximate surface area is 172 Å². The molecule has 0 atom stereocenters. The average Bonchev–Trinajstić information content (AvgIpc) is 3.12. The highest BCUT2D eigenvalue weighted by atomic mass is 32.1. The van der Waals surface area contributed by atoms with Gasteiger partial charge in [-0.1, -0.05) is 30.3 Å². The Morgan fingerprint density at radius 3 is 2.69 bits per heavy atom. The second-order valence-electron chi connectivity index (χ2n) is 7.13. The largest absolute Gasteiger partial charge is 0.444 e. The number of rotatable bonds is 5. The lowest BCUT2D eigenvalue weighted by molar-refractivity contribution is 0.0636. The first-order valence-electron chi connectivity index (χ1n) is 8.90. The molecule has 1 amide bonds. The fraction of sp³-hybridized carbons (Fsp3) is 0.190. The van der Waals surface area contributed by atoms with Crippen LogP contribution in [0.2, 0.25) is 0 Å². The van der Waals surface area contributed by atoms with Crippen LogP contribution in [0.15, 0.2) is 59.0 Å². The number of nitrogens with zero attached hydrogens (tertiary/aromatic N) is 2. The van der Waals surface area contributed by atoms with Gasteiger partial charge in [-0.3, -0.25) is 10.7 Å². The minimum atomic E-state index is -0.638. The Bertz CT molecular complexity index is 1010. The molecule has 2 aromatic carbocycles. The minimum absolute atomic E-state index is 0.385. The molecule has 1 aromatic heterocycles. The molecule has 3 aromatic rings. The van der Waals surface area contributed by atoms with E-state index in [4.69, 9.17) is 4.74 Å². The second-order valence-corrected chi connectivity index (χ2v) is 7.99. The number of halogens is 1. The van der Waals surface area contributed by atoms with Crippen LogP contribution in [0.25, 0.3) is 11.3 Å². The molecule has 0 aliphatic carbocycles. The van der Waals surface area contributed by atoms with Crippen molar-refractivity contribution in [3.8, 4) is 11.3 Å². The molecule has 6 nitrogen and oxygen atoms in total. The van der Waals surface area contributed by atoms with Gasteiger partial charge in [-0.05, 0) is 39.0 Å². The van der Waals surface area contributed by atoms with Gasteiger partial charge in [0, 0.05) is 16.5 Å². The van der Waals surface area contributed by atoms with Gasteiger partial charge in [-0.15, -0.1) is 11.3 Å². The van der Waals surface area contributed by atoms with Gasteiger partial charge < -0.3 is 4.74 Å². The SMILES string of the molecule is CC(C)(C)OC(=O)Nc1ccc(F)cc1C=NNc1nc(-c2ccccc2)cs1. The van der Waals surface area contributed by atoms with E-state index >= 15 is 0 Å². The highest BCUT2D eigenvalue weighted by Crippen LogP contribution is 2.24. The van der Waals surface area contributed by atoms with E-state index in [9.17, 15) is 9.18 Å². The fourth-order valence-corrected chi connectivity index (χ4v) is 3.06. The molecular weight excluding hydrogens is 391 g/mol. The van der Waals surface area contributed by atoms with Gasteiger partial charge in [0.25, 0.3) is 0 Å². The first-order valence-corrected chi connectivity index (χ1v) is 9.78. The first-order chi connectivity index (χ1) is 13.8. The smallest absolute Gasteiger partial charge is 0.412 e. The molecular formula is C21H21FN4O2S. The summed E-state index contributed by atoms with van der Waals surface area (Å²) in [5.41, 5.74) is 4.82. The third kappa shape index (κ3) is 6.11. The minimum Gasteiger partial charge on any atom is -0.444 e. The van der Waals surface area contributed by atoms with Crippen molar-refractivity contribution in [2.24, 2.45) is 5.10 Å². The van der Waals surface area contributed by atoms with Crippen molar-refractivity contribution in [2.75, 3.05) is 10.7 Å². The zero-order chi connectivity index (χ0) is 20.9. The van der Waals surface area contributed by atoms with E-state index in [-0.39, 0.29) is 0 Å². The predicted molar refractivity (Wildman–Crippen MR) is 115 cm³/mol. The third-order valence-electron chi connectivity index (χ3n) is 3.59. The summed E-state index contributed by atoms with van der Waals surface area (Å²) in [7, 11) is 0. The van der Waals surface area contributed by atoms with Gasteiger partial charge in [0.2, 0.25) is 5.13 Å². The highest BCUT2D eigenvalue weighted by molar-refractivity contribution is 7.14. The molecule has 0 unspecified atom stereocenters. The van der Waals surface area contributed by atoms with Gasteiger partial charge in [-0.25, -0.2) is 14.2 Å². The number of hydrogen-bond donors (Lipinski definition) is 2. The number of thiazole rings is 1. The molecule has 0 aliphatic heterocycles. The maximum Gasteiger partial charge on any atom is 0.412 e. The molecule has 0 spiro atoms. The van der Waals surface area contributed by atoms with Crippen molar-refractivity contribution in [1.82, 2.24) is 4.98 Å². The lowest BCUT2D eigenvalue weighted by atomic mass is 10.2. The maximum atomic E-state index is 13.7. The Balaban J connectivity index is 1.70. The van der Waals surface area contributed by atoms with E-state index in [1.165, 1.54) is 35.8 Å². The van der Waals surface area contributed by atoms with Crippen LogP contribution in [0.5, 0.6) is 0 Å². The fourth-order valence-electron chi connectivity index (χ4n) is 2.39. The summed E-state index contributed by atoms with van der Waals surface area (Å²) in [6.45, 7) is 5.30. The molecule has 29 heavy (non-hydrogen) atoms. The van der Waals surface area contributed by atoms with Crippen LogP contribution in [0.1, 0.15) is 26.3 Å². The number of carbonyl (C=O) groups is 1. The Morgan fingerprint density at radius 1 is 1.21 bits per heavy atom. The summed E-state index contributed by atoms with van der Waals surface area (Å²) in [6.07, 6.45) is 0.790. The van der Waals surface area contributed by atoms with Crippen LogP contribution < -0.4 is 10.7 Å². The third-order valence-corrected chi connectivity index (χ3v) is 4.33. The number of hydrogen-bond acceptors (Lipinski definition) is 6. The molecule has 0 radical (unpaired) electrons. The average molecular weight is 412 g/mol. The van der Waals surface area contributed by atoms with Crippen molar-refractivity contribution in [3.63, 3.8) is 0 Å². The zero-order valence-electron chi connectivity index (χ0n) is 16.3. The summed E-state index contributed by atoms with van der Waals surface area (Å²) >= 11 is 1.40. The molecule has 1 heterocycles. The molecule has 0 bridgehead atoms. The maximum absolute atomic E-state index is 13.7. The molecule has 150 valence electrons. The van der Waals surface area contributed by atoms with Crippen LogP contribution >= 0.6 is 11.3 Å². The Morgan fingerprint density at radius 2 is 1.97 bits per heavy atom. The highest BCUT2D eigenvalue weighted by Gasteiger charge is 2.17. The topological polar surface area (TPSA) is 75.6 Å². The summed E-state index contributed by atoms with van der Waals surface area (Å²) < 4.78 is 18.9. The normalized spacial score (nSPS) is 11.4. The molecule has 0 saturated heterocycles. The van der Waals surface area contributed by atoms with Crippen molar-refractivity contribution in [3.05, 3.63) is 65.3 Å². The van der Waals surface area contributed by atoms with E-state index in [1.807, 2.05) is 35.7 Å². The molecule has 0 fully saturated rings. The number of carbonyl (C=O) groups excluding carboxylic acids is 1. The number of benzene rings is 2. The first kappa shape index (κ1) is 20.5. The number of aromatic nitrogens is 1. The lowest BCUT2D eigenvalue weighted by Crippen LogP contribution is -2.27. The summed E-state index contributed by atoms with van der Waals surface area (Å²) in [5, 5.41) is 9.24. The molecule has 2 N–H and O–H groups in total. The van der Waals surface area contributed by atoms with E-state index in [2.05, 4.69) is 20.8 Å². The standard InChI is InChI=1S/C21H21FN4O2S/c1-21(2,3)28-20(27)25-17-10-9-16(22)11-15(17)12-23-26-19-24-18(13-29-19)14-7-5-4-6-8-14/h4-13H,1-3H3,(H,24,26)(H,25,27). The molecule has 3 rings (SSSR count). The van der Waals surface area contributed by atoms with Crippen molar-refractivity contribution in [1.29, 1.82) is 0 Å². The zero-order valence-corrected chi connectivity index (χ0v) is 17.1. The number of nitrogens with one attached hydrogen (secondary N) is 2. The second kappa shape index (κ2) is 8.83. The van der Waals surface area contributed by atoms with E-state index < -0.39 is 17.5 Å². The van der Waals surface area contributed by atoms with Gasteiger partial charge in [0.15, 0.2) is 0 Å². The summed E-state index contributed by atoms with van der Waals surface area (Å²) in [6, 6.07) is 13.8. The molecule has 0 aliphatic rings. The van der Waals surface area contributed by atoms with Crippen LogP contribution in [-0.4, -0.2) is 22.9 Å². The summed E-state index contributed by atoms with van der Waals surface area (Å²) in [4.78, 5) is 16.5. The quantitative estimate of drug-likeness (QED) is 0.414. The monoisotopic (exact) mass is 412 g/mol. The number of amides is 1. The molecule has 0 saturated carbocycles. The van der Waals surface area contributed by atoms with Crippen molar-refractivity contribution < 1.29 is 13.9 Å². The van der Waals surface area contributed by atoms with Gasteiger partial charge >= 0.3 is 6.09 Å². The van der Waals surface area contributed by atoms with Gasteiger partial charge in [0.05, 0.1) is 17.6 Å². The Kier molecular flexibility index (Phi) is 6.23. The van der Waals surface area contributed by atoms with Crippen molar-refractivity contribution in [2.45, 2.75) is 26.4 Å². The van der Waals surface area contributed by atoms with E-state index in [0.29, 0.717) is 16.4 Å². The number of hydrazone groups is 1. The van der Waals surface area contributed by atoms with E-state index in [1.54, 1.807) is 20.8 Å².